The van der Waals surface area contributed by atoms with Gasteiger partial charge in [0.1, 0.15) is 5.82 Å². The molecule has 1 aromatic heterocycles. The summed E-state index contributed by atoms with van der Waals surface area (Å²) in [6.45, 7) is 7.62. The molecular formula is C17H27N3O2. The van der Waals surface area contributed by atoms with Gasteiger partial charge < -0.3 is 15.0 Å². The fourth-order valence-electron chi connectivity index (χ4n) is 2.73. The van der Waals surface area contributed by atoms with Gasteiger partial charge in [-0.15, -0.1) is 0 Å². The zero-order valence-electron chi connectivity index (χ0n) is 13.7. The molecule has 0 bridgehead atoms. The van der Waals surface area contributed by atoms with Crippen molar-refractivity contribution in [3.05, 3.63) is 23.9 Å². The largest absolute Gasteiger partial charge is 0.376 e. The van der Waals surface area contributed by atoms with Gasteiger partial charge in [0.15, 0.2) is 0 Å². The van der Waals surface area contributed by atoms with Crippen LogP contribution in [0.25, 0.3) is 0 Å². The molecule has 122 valence electrons. The van der Waals surface area contributed by atoms with E-state index < -0.39 is 0 Å². The fourth-order valence-corrected chi connectivity index (χ4v) is 2.73. The Balaban J connectivity index is 1.97. The van der Waals surface area contributed by atoms with Crippen LogP contribution in [-0.4, -0.2) is 43.2 Å². The maximum absolute atomic E-state index is 12.3. The highest BCUT2D eigenvalue weighted by molar-refractivity contribution is 5.94. The standard InChI is InChI=1S/C17H27N3O2/c1-3-9-20(10-4-2)16-12-14(7-8-18-16)17(21)19-13-15-6-5-11-22-15/h7-8,12,15H,3-6,9-11,13H2,1-2H3,(H,19,21). The Morgan fingerprint density at radius 1 is 1.41 bits per heavy atom. The normalized spacial score (nSPS) is 17.5. The minimum absolute atomic E-state index is 0.0490. The molecule has 22 heavy (non-hydrogen) atoms. The number of amides is 1. The van der Waals surface area contributed by atoms with E-state index in [-0.39, 0.29) is 12.0 Å². The highest BCUT2D eigenvalue weighted by atomic mass is 16.5. The third-order valence-electron chi connectivity index (χ3n) is 3.83. The van der Waals surface area contributed by atoms with Gasteiger partial charge in [-0.05, 0) is 37.8 Å². The third-order valence-corrected chi connectivity index (χ3v) is 3.83. The SMILES string of the molecule is CCCN(CCC)c1cc(C(=O)NCC2CCCO2)ccn1. The average Bonchev–Trinajstić information content (AvgIpc) is 3.06. The average molecular weight is 305 g/mol. The molecule has 2 heterocycles. The molecule has 1 aliphatic heterocycles. The Bertz CT molecular complexity index is 467. The number of carbonyl (C=O) groups is 1. The molecule has 0 spiro atoms. The first kappa shape index (κ1) is 16.7. The van der Waals surface area contributed by atoms with Gasteiger partial charge in [0.2, 0.25) is 0 Å². The Morgan fingerprint density at radius 2 is 2.18 bits per heavy atom. The summed E-state index contributed by atoms with van der Waals surface area (Å²) in [4.78, 5) is 18.9. The third kappa shape index (κ3) is 4.70. The van der Waals surface area contributed by atoms with Gasteiger partial charge in [0.05, 0.1) is 6.10 Å². The predicted octanol–water partition coefficient (Wildman–Crippen LogP) is 2.62. The Hall–Kier alpha value is -1.62. The number of carbonyl (C=O) groups excluding carboxylic acids is 1. The van der Waals surface area contributed by atoms with E-state index >= 15 is 0 Å². The van der Waals surface area contributed by atoms with E-state index in [9.17, 15) is 4.79 Å². The molecule has 0 saturated carbocycles. The monoisotopic (exact) mass is 305 g/mol. The molecule has 1 N–H and O–H groups in total. The zero-order valence-corrected chi connectivity index (χ0v) is 13.7. The lowest BCUT2D eigenvalue weighted by Crippen LogP contribution is -2.32. The number of aromatic nitrogens is 1. The van der Waals surface area contributed by atoms with Crippen molar-refractivity contribution < 1.29 is 9.53 Å². The van der Waals surface area contributed by atoms with Gasteiger partial charge >= 0.3 is 0 Å². The Kier molecular flexibility index (Phi) is 6.65. The molecule has 1 unspecified atom stereocenters. The first-order chi connectivity index (χ1) is 10.7. The predicted molar refractivity (Wildman–Crippen MR) is 88.3 cm³/mol. The molecule has 1 fully saturated rings. The fraction of sp³-hybridized carbons (Fsp3) is 0.647. The number of hydrogen-bond acceptors (Lipinski definition) is 4. The topological polar surface area (TPSA) is 54.5 Å². The van der Waals surface area contributed by atoms with Crippen molar-refractivity contribution in [2.24, 2.45) is 0 Å². The van der Waals surface area contributed by atoms with Crippen LogP contribution in [0.1, 0.15) is 49.9 Å². The second-order valence-corrected chi connectivity index (χ2v) is 5.73. The van der Waals surface area contributed by atoms with Crippen molar-refractivity contribution in [3.8, 4) is 0 Å². The molecule has 0 aliphatic carbocycles. The van der Waals surface area contributed by atoms with E-state index in [0.29, 0.717) is 12.1 Å². The summed E-state index contributed by atoms with van der Waals surface area (Å²) in [6, 6.07) is 3.65. The van der Waals surface area contributed by atoms with Crippen LogP contribution in [0.4, 0.5) is 5.82 Å². The van der Waals surface area contributed by atoms with Crippen LogP contribution in [0.5, 0.6) is 0 Å². The minimum atomic E-state index is -0.0490. The lowest BCUT2D eigenvalue weighted by atomic mass is 10.2. The molecule has 1 aromatic rings. The smallest absolute Gasteiger partial charge is 0.251 e. The molecule has 5 heteroatoms. The van der Waals surface area contributed by atoms with Gasteiger partial charge in [-0.2, -0.15) is 0 Å². The summed E-state index contributed by atoms with van der Waals surface area (Å²) in [7, 11) is 0. The lowest BCUT2D eigenvalue weighted by Gasteiger charge is -2.22. The first-order valence-electron chi connectivity index (χ1n) is 8.35. The van der Waals surface area contributed by atoms with Crippen molar-refractivity contribution >= 4 is 11.7 Å². The summed E-state index contributed by atoms with van der Waals surface area (Å²) in [6.07, 6.45) is 6.14. The highest BCUT2D eigenvalue weighted by Crippen LogP contribution is 2.15. The summed E-state index contributed by atoms with van der Waals surface area (Å²) >= 11 is 0. The van der Waals surface area contributed by atoms with Gasteiger partial charge in [0, 0.05) is 38.0 Å². The van der Waals surface area contributed by atoms with Crippen molar-refractivity contribution in [3.63, 3.8) is 0 Å². The number of pyridine rings is 1. The number of hydrogen-bond donors (Lipinski definition) is 1. The molecule has 0 aromatic carbocycles. The number of rotatable bonds is 8. The van der Waals surface area contributed by atoms with Crippen LogP contribution in [0.3, 0.4) is 0 Å². The molecule has 1 saturated heterocycles. The number of ether oxygens (including phenoxy) is 1. The molecule has 1 amide bonds. The zero-order chi connectivity index (χ0) is 15.8. The molecular weight excluding hydrogens is 278 g/mol. The van der Waals surface area contributed by atoms with Crippen LogP contribution < -0.4 is 10.2 Å². The van der Waals surface area contributed by atoms with E-state index in [1.165, 1.54) is 0 Å². The van der Waals surface area contributed by atoms with Gasteiger partial charge in [0.25, 0.3) is 5.91 Å². The maximum Gasteiger partial charge on any atom is 0.251 e. The van der Waals surface area contributed by atoms with Crippen molar-refractivity contribution in [2.45, 2.75) is 45.6 Å². The number of nitrogens with one attached hydrogen (secondary N) is 1. The molecule has 1 aliphatic rings. The van der Waals surface area contributed by atoms with Gasteiger partial charge in [-0.3, -0.25) is 4.79 Å². The summed E-state index contributed by atoms with van der Waals surface area (Å²) < 4.78 is 5.53. The molecule has 2 rings (SSSR count). The van der Waals surface area contributed by atoms with E-state index in [1.807, 2.05) is 6.07 Å². The summed E-state index contributed by atoms with van der Waals surface area (Å²) in [5.74, 6) is 0.834. The van der Waals surface area contributed by atoms with E-state index in [0.717, 1.165) is 51.2 Å². The molecule has 1 atom stereocenters. The van der Waals surface area contributed by atoms with E-state index in [1.54, 1.807) is 12.3 Å². The van der Waals surface area contributed by atoms with Crippen molar-refractivity contribution in [1.29, 1.82) is 0 Å². The highest BCUT2D eigenvalue weighted by Gasteiger charge is 2.17. The van der Waals surface area contributed by atoms with Crippen LogP contribution >= 0.6 is 0 Å². The van der Waals surface area contributed by atoms with Gasteiger partial charge in [-0.25, -0.2) is 4.98 Å². The van der Waals surface area contributed by atoms with Crippen LogP contribution in [-0.2, 0) is 4.74 Å². The lowest BCUT2D eigenvalue weighted by molar-refractivity contribution is 0.0857. The van der Waals surface area contributed by atoms with E-state index in [4.69, 9.17) is 4.74 Å². The van der Waals surface area contributed by atoms with Crippen molar-refractivity contribution in [1.82, 2.24) is 10.3 Å². The number of anilines is 1. The maximum atomic E-state index is 12.3. The van der Waals surface area contributed by atoms with Crippen LogP contribution in [0.2, 0.25) is 0 Å². The van der Waals surface area contributed by atoms with Crippen LogP contribution in [0.15, 0.2) is 18.3 Å². The van der Waals surface area contributed by atoms with E-state index in [2.05, 4.69) is 29.0 Å². The second kappa shape index (κ2) is 8.73. The molecule has 5 nitrogen and oxygen atoms in total. The van der Waals surface area contributed by atoms with Crippen molar-refractivity contribution in [2.75, 3.05) is 31.1 Å². The summed E-state index contributed by atoms with van der Waals surface area (Å²) in [5, 5.41) is 2.96. The Morgan fingerprint density at radius 3 is 2.82 bits per heavy atom. The summed E-state index contributed by atoms with van der Waals surface area (Å²) in [5.41, 5.74) is 0.667. The minimum Gasteiger partial charge on any atom is -0.376 e. The quantitative estimate of drug-likeness (QED) is 0.802. The molecule has 0 radical (unpaired) electrons. The van der Waals surface area contributed by atoms with Gasteiger partial charge in [-0.1, -0.05) is 13.8 Å². The Labute approximate surface area is 133 Å². The first-order valence-corrected chi connectivity index (χ1v) is 8.35. The number of nitrogens with zero attached hydrogens (tertiary/aromatic N) is 2. The second-order valence-electron chi connectivity index (χ2n) is 5.73. The van der Waals surface area contributed by atoms with Crippen LogP contribution in [0, 0.1) is 0 Å².